The highest BCUT2D eigenvalue weighted by Gasteiger charge is 2.41. The summed E-state index contributed by atoms with van der Waals surface area (Å²) in [6.45, 7) is 1.58. The molecule has 10 heteroatoms. The molecule has 0 radical (unpaired) electrons. The molecule has 0 unspecified atom stereocenters. The number of carboxylic acids is 1. The molecule has 1 aromatic rings. The van der Waals surface area contributed by atoms with Crippen LogP contribution in [0.25, 0.3) is 0 Å². The monoisotopic (exact) mass is 395 g/mol. The van der Waals surface area contributed by atoms with E-state index in [1.807, 2.05) is 0 Å². The molecule has 1 aliphatic heterocycles. The molecule has 24 heavy (non-hydrogen) atoms. The van der Waals surface area contributed by atoms with Crippen molar-refractivity contribution in [2.45, 2.75) is 17.6 Å². The molecule has 7 nitrogen and oxygen atoms in total. The van der Waals surface area contributed by atoms with Crippen molar-refractivity contribution in [1.29, 1.82) is 0 Å². The molecule has 1 aliphatic rings. The van der Waals surface area contributed by atoms with Crippen LogP contribution in [0.5, 0.6) is 0 Å². The fourth-order valence-corrected chi connectivity index (χ4v) is 5.71. The summed E-state index contributed by atoms with van der Waals surface area (Å²) in [4.78, 5) is 11.0. The number of nitrogens with zero attached hydrogens (tertiary/aromatic N) is 1. The van der Waals surface area contributed by atoms with E-state index in [1.165, 1.54) is 18.2 Å². The summed E-state index contributed by atoms with van der Waals surface area (Å²) >= 11 is 5.88. The predicted octanol–water partition coefficient (Wildman–Crippen LogP) is 1.23. The zero-order valence-corrected chi connectivity index (χ0v) is 15.5. The van der Waals surface area contributed by atoms with Gasteiger partial charge >= 0.3 is 5.97 Å². The van der Waals surface area contributed by atoms with Crippen molar-refractivity contribution < 1.29 is 26.7 Å². The standard InChI is InChI=1S/C14H18ClNO6S2/c1-9-6-16(7-12(9)14(17)18)24(21,22)13-5-11(15)4-3-10(13)8-23(2,19)20/h3-5,9,12H,6-8H2,1-2H3,(H,17,18)/t9-,12-/m1/s1. The van der Waals surface area contributed by atoms with Gasteiger partial charge in [0.25, 0.3) is 0 Å². The zero-order chi connectivity index (χ0) is 18.3. The summed E-state index contributed by atoms with van der Waals surface area (Å²) in [7, 11) is -7.49. The molecule has 0 saturated carbocycles. The summed E-state index contributed by atoms with van der Waals surface area (Å²) in [5.41, 5.74) is 0.119. The van der Waals surface area contributed by atoms with E-state index in [0.29, 0.717) is 0 Å². The van der Waals surface area contributed by atoms with Gasteiger partial charge in [-0.1, -0.05) is 24.6 Å². The maximum Gasteiger partial charge on any atom is 0.308 e. The van der Waals surface area contributed by atoms with E-state index >= 15 is 0 Å². The van der Waals surface area contributed by atoms with Crippen LogP contribution in [0.2, 0.25) is 5.02 Å². The maximum absolute atomic E-state index is 12.9. The molecular formula is C14H18ClNO6S2. The van der Waals surface area contributed by atoms with Gasteiger partial charge in [0, 0.05) is 24.4 Å². The summed E-state index contributed by atoms with van der Waals surface area (Å²) in [5, 5.41) is 9.33. The average molecular weight is 396 g/mol. The van der Waals surface area contributed by atoms with E-state index < -0.39 is 37.5 Å². The number of halogens is 1. The third-order valence-electron chi connectivity index (χ3n) is 3.96. The van der Waals surface area contributed by atoms with Crippen molar-refractivity contribution in [2.24, 2.45) is 11.8 Å². The Hall–Kier alpha value is -1.16. The first-order valence-electron chi connectivity index (χ1n) is 7.11. The van der Waals surface area contributed by atoms with Crippen LogP contribution < -0.4 is 0 Å². The van der Waals surface area contributed by atoms with Crippen LogP contribution in [-0.2, 0) is 30.4 Å². The lowest BCUT2D eigenvalue weighted by atomic mass is 9.99. The van der Waals surface area contributed by atoms with Gasteiger partial charge in [0.05, 0.1) is 16.6 Å². The van der Waals surface area contributed by atoms with Crippen molar-refractivity contribution in [3.63, 3.8) is 0 Å². The van der Waals surface area contributed by atoms with E-state index in [9.17, 15) is 21.6 Å². The Balaban J connectivity index is 2.47. The molecule has 1 N–H and O–H groups in total. The number of carboxylic acid groups (broad SMARTS) is 1. The van der Waals surface area contributed by atoms with Crippen molar-refractivity contribution >= 4 is 37.4 Å². The Kier molecular flexibility index (Phi) is 5.29. The van der Waals surface area contributed by atoms with Crippen LogP contribution in [-0.4, -0.2) is 51.6 Å². The molecule has 2 rings (SSSR count). The first-order valence-corrected chi connectivity index (χ1v) is 11.0. The average Bonchev–Trinajstić information content (AvgIpc) is 2.82. The third kappa shape index (κ3) is 4.08. The number of carbonyl (C=O) groups is 1. The summed E-state index contributed by atoms with van der Waals surface area (Å²) in [6.07, 6.45) is 1.01. The second-order valence-electron chi connectivity index (χ2n) is 6.07. The molecule has 1 aromatic carbocycles. The van der Waals surface area contributed by atoms with Crippen molar-refractivity contribution in [3.05, 3.63) is 28.8 Å². The maximum atomic E-state index is 12.9. The Morgan fingerprint density at radius 3 is 2.42 bits per heavy atom. The Labute approximate surface area is 146 Å². The zero-order valence-electron chi connectivity index (χ0n) is 13.1. The van der Waals surface area contributed by atoms with E-state index in [0.717, 1.165) is 10.6 Å². The van der Waals surface area contributed by atoms with Gasteiger partial charge in [-0.15, -0.1) is 0 Å². The van der Waals surface area contributed by atoms with Gasteiger partial charge in [-0.3, -0.25) is 4.79 Å². The van der Waals surface area contributed by atoms with Gasteiger partial charge in [0.15, 0.2) is 9.84 Å². The number of sulfone groups is 1. The van der Waals surface area contributed by atoms with Crippen LogP contribution >= 0.6 is 11.6 Å². The van der Waals surface area contributed by atoms with E-state index in [-0.39, 0.29) is 34.5 Å². The summed E-state index contributed by atoms with van der Waals surface area (Å²) in [6, 6.07) is 3.99. The summed E-state index contributed by atoms with van der Waals surface area (Å²) in [5.74, 6) is -2.63. The molecule has 0 spiro atoms. The predicted molar refractivity (Wildman–Crippen MR) is 89.0 cm³/mol. The lowest BCUT2D eigenvalue weighted by Crippen LogP contribution is -2.31. The first-order chi connectivity index (χ1) is 10.9. The van der Waals surface area contributed by atoms with Crippen LogP contribution in [0.4, 0.5) is 0 Å². The van der Waals surface area contributed by atoms with Gasteiger partial charge in [-0.2, -0.15) is 4.31 Å². The largest absolute Gasteiger partial charge is 0.481 e. The molecule has 0 aromatic heterocycles. The van der Waals surface area contributed by atoms with Crippen LogP contribution in [0.1, 0.15) is 12.5 Å². The fraction of sp³-hybridized carbons (Fsp3) is 0.500. The first kappa shape index (κ1) is 19.2. The molecule has 134 valence electrons. The van der Waals surface area contributed by atoms with E-state index in [1.54, 1.807) is 6.92 Å². The number of hydrogen-bond donors (Lipinski definition) is 1. The Bertz CT molecular complexity index is 865. The number of rotatable bonds is 5. The van der Waals surface area contributed by atoms with Crippen LogP contribution in [0.15, 0.2) is 23.1 Å². The van der Waals surface area contributed by atoms with Gasteiger partial charge in [-0.25, -0.2) is 16.8 Å². The molecule has 1 heterocycles. The number of aliphatic carboxylic acids is 1. The molecule has 0 bridgehead atoms. The molecule has 1 fully saturated rings. The SMILES string of the molecule is C[C@@H]1CN(S(=O)(=O)c2cc(Cl)ccc2CS(C)(=O)=O)C[C@H]1C(=O)O. The second kappa shape index (κ2) is 6.62. The number of hydrogen-bond acceptors (Lipinski definition) is 5. The molecular weight excluding hydrogens is 378 g/mol. The van der Waals surface area contributed by atoms with Crippen LogP contribution in [0, 0.1) is 11.8 Å². The Morgan fingerprint density at radius 1 is 1.29 bits per heavy atom. The lowest BCUT2D eigenvalue weighted by Gasteiger charge is -2.18. The second-order valence-corrected chi connectivity index (χ2v) is 10.5. The minimum atomic E-state index is -4.04. The van der Waals surface area contributed by atoms with Gasteiger partial charge < -0.3 is 5.11 Å². The van der Waals surface area contributed by atoms with E-state index in [2.05, 4.69) is 0 Å². The van der Waals surface area contributed by atoms with Crippen molar-refractivity contribution in [1.82, 2.24) is 4.31 Å². The third-order valence-corrected chi connectivity index (χ3v) is 6.95. The molecule has 1 saturated heterocycles. The smallest absolute Gasteiger partial charge is 0.308 e. The molecule has 0 aliphatic carbocycles. The quantitative estimate of drug-likeness (QED) is 0.803. The minimum absolute atomic E-state index is 0.0597. The fourth-order valence-electron chi connectivity index (χ4n) is 2.75. The van der Waals surface area contributed by atoms with Crippen molar-refractivity contribution in [3.8, 4) is 0 Å². The van der Waals surface area contributed by atoms with Gasteiger partial charge in [0.2, 0.25) is 10.0 Å². The van der Waals surface area contributed by atoms with Crippen LogP contribution in [0.3, 0.4) is 0 Å². The van der Waals surface area contributed by atoms with Gasteiger partial charge in [-0.05, 0) is 23.6 Å². The molecule has 2 atom stereocenters. The Morgan fingerprint density at radius 2 is 1.92 bits per heavy atom. The highest BCUT2D eigenvalue weighted by molar-refractivity contribution is 7.90. The topological polar surface area (TPSA) is 109 Å². The highest BCUT2D eigenvalue weighted by atomic mass is 35.5. The highest BCUT2D eigenvalue weighted by Crippen LogP contribution is 2.31. The van der Waals surface area contributed by atoms with Crippen molar-refractivity contribution in [2.75, 3.05) is 19.3 Å². The minimum Gasteiger partial charge on any atom is -0.481 e. The number of sulfonamides is 1. The molecule has 0 amide bonds. The summed E-state index contributed by atoms with van der Waals surface area (Å²) < 4.78 is 50.0. The normalized spacial score (nSPS) is 22.6. The lowest BCUT2D eigenvalue weighted by molar-refractivity contribution is -0.142. The number of benzene rings is 1. The van der Waals surface area contributed by atoms with Gasteiger partial charge in [0.1, 0.15) is 0 Å². The van der Waals surface area contributed by atoms with E-state index in [4.69, 9.17) is 16.7 Å².